The molecule has 0 aliphatic rings. The number of ether oxygens (including phenoxy) is 1. The van der Waals surface area contributed by atoms with Gasteiger partial charge in [-0.2, -0.15) is 0 Å². The first-order valence-corrected chi connectivity index (χ1v) is 7.05. The van der Waals surface area contributed by atoms with E-state index < -0.39 is 11.7 Å². The van der Waals surface area contributed by atoms with Gasteiger partial charge in [-0.05, 0) is 48.4 Å². The predicted molar refractivity (Wildman–Crippen MR) is 85.5 cm³/mol. The number of hydrogen-bond acceptors (Lipinski definition) is 3. The molecule has 0 fully saturated rings. The first kappa shape index (κ1) is 15.8. The quantitative estimate of drug-likeness (QED) is 0.828. The normalized spacial score (nSPS) is 10.5. The van der Waals surface area contributed by atoms with E-state index >= 15 is 0 Å². The number of halogens is 1. The van der Waals surface area contributed by atoms with Crippen LogP contribution in [0.1, 0.15) is 24.2 Å². The number of anilines is 2. The molecule has 0 bridgehead atoms. The monoisotopic (exact) mass is 302 g/mol. The Hall–Kier alpha value is -2.56. The zero-order valence-corrected chi connectivity index (χ0v) is 12.6. The minimum atomic E-state index is -0.528. The summed E-state index contributed by atoms with van der Waals surface area (Å²) >= 11 is 0. The lowest BCUT2D eigenvalue weighted by atomic mass is 10.2. The minimum absolute atomic E-state index is 0.0603. The van der Waals surface area contributed by atoms with Crippen molar-refractivity contribution in [3.05, 3.63) is 53.8 Å². The van der Waals surface area contributed by atoms with Crippen molar-refractivity contribution in [3.63, 3.8) is 0 Å². The first-order chi connectivity index (χ1) is 10.5. The average molecular weight is 302 g/mol. The predicted octanol–water partition coefficient (Wildman–Crippen LogP) is 3.70. The smallest absolute Gasteiger partial charge is 0.255 e. The molecule has 116 valence electrons. The van der Waals surface area contributed by atoms with Gasteiger partial charge in [-0.15, -0.1) is 0 Å². The summed E-state index contributed by atoms with van der Waals surface area (Å²) in [7, 11) is 0. The van der Waals surface area contributed by atoms with Gasteiger partial charge in [0.25, 0.3) is 5.91 Å². The number of nitrogens with two attached hydrogens (primary N) is 1. The molecular formula is C17H19FN2O2. The number of benzene rings is 2. The molecule has 5 heteroatoms. The van der Waals surface area contributed by atoms with Crippen LogP contribution in [0.5, 0.6) is 5.75 Å². The van der Waals surface area contributed by atoms with Crippen LogP contribution in [0.2, 0.25) is 0 Å². The van der Waals surface area contributed by atoms with Crippen LogP contribution in [0.4, 0.5) is 15.8 Å². The van der Waals surface area contributed by atoms with Crippen molar-refractivity contribution in [2.75, 3.05) is 17.7 Å². The number of nitrogens with one attached hydrogen (secondary N) is 1. The summed E-state index contributed by atoms with van der Waals surface area (Å²) in [5.41, 5.74) is 6.44. The molecule has 4 nitrogen and oxygen atoms in total. The van der Waals surface area contributed by atoms with Gasteiger partial charge in [0.1, 0.15) is 11.6 Å². The highest BCUT2D eigenvalue weighted by Crippen LogP contribution is 2.19. The van der Waals surface area contributed by atoms with Crippen LogP contribution >= 0.6 is 0 Å². The van der Waals surface area contributed by atoms with Crippen molar-refractivity contribution in [1.29, 1.82) is 0 Å². The van der Waals surface area contributed by atoms with Gasteiger partial charge in [0.2, 0.25) is 0 Å². The second-order valence-electron chi connectivity index (χ2n) is 5.42. The summed E-state index contributed by atoms with van der Waals surface area (Å²) in [4.78, 5) is 12.1. The Morgan fingerprint density at radius 1 is 1.23 bits per heavy atom. The van der Waals surface area contributed by atoms with Crippen molar-refractivity contribution in [1.82, 2.24) is 0 Å². The Morgan fingerprint density at radius 2 is 1.91 bits per heavy atom. The molecule has 2 rings (SSSR count). The average Bonchev–Trinajstić information content (AvgIpc) is 2.49. The third-order valence-corrected chi connectivity index (χ3v) is 2.94. The lowest BCUT2D eigenvalue weighted by molar-refractivity contribution is 0.102. The van der Waals surface area contributed by atoms with E-state index in [1.165, 1.54) is 18.2 Å². The second-order valence-corrected chi connectivity index (χ2v) is 5.42. The van der Waals surface area contributed by atoms with Crippen LogP contribution < -0.4 is 15.8 Å². The van der Waals surface area contributed by atoms with Crippen LogP contribution in [-0.4, -0.2) is 12.5 Å². The lowest BCUT2D eigenvalue weighted by Crippen LogP contribution is -2.13. The molecule has 2 aromatic rings. The summed E-state index contributed by atoms with van der Waals surface area (Å²) in [5.74, 6) is 0.189. The molecule has 2 aromatic carbocycles. The van der Waals surface area contributed by atoms with E-state index in [1.807, 2.05) is 0 Å². The van der Waals surface area contributed by atoms with E-state index in [4.69, 9.17) is 10.5 Å². The number of amides is 1. The molecule has 0 radical (unpaired) electrons. The minimum Gasteiger partial charge on any atom is -0.493 e. The number of carbonyl (C=O) groups excluding carboxylic acids is 1. The van der Waals surface area contributed by atoms with Crippen molar-refractivity contribution < 1.29 is 13.9 Å². The fraction of sp³-hybridized carbons (Fsp3) is 0.235. The maximum atomic E-state index is 13.6. The zero-order chi connectivity index (χ0) is 16.1. The molecule has 0 atom stereocenters. The van der Waals surface area contributed by atoms with Crippen molar-refractivity contribution >= 4 is 17.3 Å². The molecule has 0 saturated heterocycles. The van der Waals surface area contributed by atoms with Crippen LogP contribution in [0, 0.1) is 11.7 Å². The van der Waals surface area contributed by atoms with Crippen molar-refractivity contribution in [2.45, 2.75) is 13.8 Å². The lowest BCUT2D eigenvalue weighted by Gasteiger charge is -2.10. The van der Waals surface area contributed by atoms with E-state index in [2.05, 4.69) is 19.2 Å². The highest BCUT2D eigenvalue weighted by Gasteiger charge is 2.10. The van der Waals surface area contributed by atoms with Crippen LogP contribution in [0.25, 0.3) is 0 Å². The molecule has 0 spiro atoms. The molecule has 0 aromatic heterocycles. The first-order valence-electron chi connectivity index (χ1n) is 7.05. The van der Waals surface area contributed by atoms with Gasteiger partial charge in [0.05, 0.1) is 12.3 Å². The van der Waals surface area contributed by atoms with Crippen molar-refractivity contribution in [3.8, 4) is 5.75 Å². The van der Waals surface area contributed by atoms with E-state index in [0.717, 1.165) is 0 Å². The molecule has 1 amide bonds. The fourth-order valence-corrected chi connectivity index (χ4v) is 1.80. The van der Waals surface area contributed by atoms with E-state index in [9.17, 15) is 9.18 Å². The Kier molecular flexibility index (Phi) is 4.99. The standard InChI is InChI=1S/C17H19FN2O2/c1-11(2)10-22-14-6-3-12(4-7-14)17(21)20-16-9-13(19)5-8-15(16)18/h3-9,11H,10,19H2,1-2H3,(H,20,21). The van der Waals surface area contributed by atoms with Gasteiger partial charge in [-0.3, -0.25) is 4.79 Å². The van der Waals surface area contributed by atoms with Crippen LogP contribution in [0.3, 0.4) is 0 Å². The maximum Gasteiger partial charge on any atom is 0.255 e. The SMILES string of the molecule is CC(C)COc1ccc(C(=O)Nc2cc(N)ccc2F)cc1. The molecular weight excluding hydrogens is 283 g/mol. The third-order valence-electron chi connectivity index (χ3n) is 2.94. The van der Waals surface area contributed by atoms with Gasteiger partial charge < -0.3 is 15.8 Å². The molecule has 0 aliphatic heterocycles. The molecule has 0 unspecified atom stereocenters. The van der Waals surface area contributed by atoms with Gasteiger partial charge in [0, 0.05) is 11.3 Å². The summed E-state index contributed by atoms with van der Waals surface area (Å²) in [6.45, 7) is 4.73. The van der Waals surface area contributed by atoms with Crippen LogP contribution in [-0.2, 0) is 0 Å². The molecule has 0 aliphatic carbocycles. The largest absolute Gasteiger partial charge is 0.493 e. The number of hydrogen-bond donors (Lipinski definition) is 2. The van der Waals surface area contributed by atoms with Gasteiger partial charge in [-0.25, -0.2) is 4.39 Å². The van der Waals surface area contributed by atoms with E-state index in [1.54, 1.807) is 24.3 Å². The summed E-state index contributed by atoms with van der Waals surface area (Å²) < 4.78 is 19.1. The maximum absolute atomic E-state index is 13.6. The Labute approximate surface area is 129 Å². The summed E-state index contributed by atoms with van der Waals surface area (Å²) in [5, 5.41) is 2.50. The number of carbonyl (C=O) groups is 1. The summed E-state index contributed by atoms with van der Waals surface area (Å²) in [6.07, 6.45) is 0. The van der Waals surface area contributed by atoms with Gasteiger partial charge in [0.15, 0.2) is 0 Å². The second kappa shape index (κ2) is 6.93. The summed E-state index contributed by atoms with van der Waals surface area (Å²) in [6, 6.07) is 10.7. The van der Waals surface area contributed by atoms with Gasteiger partial charge >= 0.3 is 0 Å². The molecule has 0 heterocycles. The van der Waals surface area contributed by atoms with Crippen LogP contribution in [0.15, 0.2) is 42.5 Å². The molecule has 22 heavy (non-hydrogen) atoms. The highest BCUT2D eigenvalue weighted by atomic mass is 19.1. The van der Waals surface area contributed by atoms with Crippen molar-refractivity contribution in [2.24, 2.45) is 5.92 Å². The Morgan fingerprint density at radius 3 is 2.55 bits per heavy atom. The number of rotatable bonds is 5. The van der Waals surface area contributed by atoms with E-state index in [0.29, 0.717) is 29.5 Å². The third kappa shape index (κ3) is 4.22. The van der Waals surface area contributed by atoms with E-state index in [-0.39, 0.29) is 5.69 Å². The highest BCUT2D eigenvalue weighted by molar-refractivity contribution is 6.04. The number of nitrogen functional groups attached to an aromatic ring is 1. The Bertz CT molecular complexity index is 654. The molecule has 0 saturated carbocycles. The Balaban J connectivity index is 2.05. The molecule has 3 N–H and O–H groups in total. The fourth-order valence-electron chi connectivity index (χ4n) is 1.80. The topological polar surface area (TPSA) is 64.3 Å². The zero-order valence-electron chi connectivity index (χ0n) is 12.6. The van der Waals surface area contributed by atoms with Gasteiger partial charge in [-0.1, -0.05) is 13.8 Å².